The van der Waals surface area contributed by atoms with Crippen LogP contribution in [0.15, 0.2) is 12.4 Å². The average Bonchev–Trinajstić information content (AvgIpc) is 2.30. The van der Waals surface area contributed by atoms with Crippen molar-refractivity contribution in [2.75, 3.05) is 37.3 Å². The van der Waals surface area contributed by atoms with E-state index in [1.165, 1.54) is 12.4 Å². The molecule has 2 rings (SSSR count). The van der Waals surface area contributed by atoms with Crippen molar-refractivity contribution in [1.82, 2.24) is 14.3 Å². The molecule has 0 amide bonds. The Morgan fingerprint density at radius 2 is 1.80 bits per heavy atom. The lowest BCUT2D eigenvalue weighted by Gasteiger charge is -2.33. The van der Waals surface area contributed by atoms with Gasteiger partial charge in [-0.1, -0.05) is 11.9 Å². The van der Waals surface area contributed by atoms with E-state index in [0.717, 1.165) is 26.2 Å². The molecule has 1 saturated heterocycles. The minimum Gasteiger partial charge on any atom is -0.338 e. The van der Waals surface area contributed by atoms with Crippen LogP contribution in [0.3, 0.4) is 0 Å². The van der Waals surface area contributed by atoms with E-state index in [-0.39, 0.29) is 5.82 Å². The maximum absolute atomic E-state index is 12.6. The van der Waals surface area contributed by atoms with Crippen LogP contribution in [0.5, 0.6) is 0 Å². The lowest BCUT2D eigenvalue weighted by Crippen LogP contribution is -2.44. The first kappa shape index (κ1) is 10.6. The number of hydrogen-bond donors (Lipinski definition) is 0. The van der Waals surface area contributed by atoms with E-state index in [1.807, 2.05) is 0 Å². The van der Waals surface area contributed by atoms with Gasteiger partial charge in [-0.05, 0) is 6.26 Å². The zero-order chi connectivity index (χ0) is 10.7. The van der Waals surface area contributed by atoms with Gasteiger partial charge in [-0.25, -0.2) is 18.7 Å². The lowest BCUT2D eigenvalue weighted by atomic mass is 10.4. The Labute approximate surface area is 92.6 Å². The Bertz CT molecular complexity index is 310. The van der Waals surface area contributed by atoms with Crippen LogP contribution in [0, 0.1) is 5.82 Å². The van der Waals surface area contributed by atoms with Gasteiger partial charge in [-0.2, -0.15) is 0 Å². The van der Waals surface area contributed by atoms with E-state index in [0.29, 0.717) is 5.95 Å². The van der Waals surface area contributed by atoms with E-state index in [1.54, 1.807) is 11.9 Å². The number of anilines is 1. The number of aromatic nitrogens is 2. The van der Waals surface area contributed by atoms with Gasteiger partial charge < -0.3 is 4.90 Å². The monoisotopic (exact) mass is 228 g/mol. The maximum atomic E-state index is 12.6. The molecule has 1 aromatic rings. The molecule has 0 saturated carbocycles. The van der Waals surface area contributed by atoms with E-state index in [9.17, 15) is 4.39 Å². The maximum Gasteiger partial charge on any atom is 0.225 e. The topological polar surface area (TPSA) is 32.3 Å². The van der Waals surface area contributed by atoms with Crippen LogP contribution in [0.25, 0.3) is 0 Å². The normalized spacial score (nSPS) is 18.1. The van der Waals surface area contributed by atoms with Crippen molar-refractivity contribution >= 4 is 17.9 Å². The van der Waals surface area contributed by atoms with Crippen molar-refractivity contribution in [3.05, 3.63) is 18.2 Å². The first-order valence-electron chi connectivity index (χ1n) is 4.81. The molecular formula is C9H13FN4S. The summed E-state index contributed by atoms with van der Waals surface area (Å²) < 4.78 is 14.9. The Morgan fingerprint density at radius 3 is 2.33 bits per heavy atom. The molecule has 0 bridgehead atoms. The highest BCUT2D eigenvalue weighted by Gasteiger charge is 2.17. The molecule has 1 aliphatic rings. The van der Waals surface area contributed by atoms with Gasteiger partial charge in [0, 0.05) is 26.2 Å². The summed E-state index contributed by atoms with van der Waals surface area (Å²) in [5.74, 6) is 0.235. The fourth-order valence-corrected chi connectivity index (χ4v) is 2.07. The average molecular weight is 228 g/mol. The molecule has 0 radical (unpaired) electrons. The highest BCUT2D eigenvalue weighted by atomic mass is 32.2. The van der Waals surface area contributed by atoms with Gasteiger partial charge in [0.1, 0.15) is 0 Å². The van der Waals surface area contributed by atoms with Crippen LogP contribution in [0.1, 0.15) is 0 Å². The summed E-state index contributed by atoms with van der Waals surface area (Å²) in [4.78, 5) is 10.0. The first-order chi connectivity index (χ1) is 7.29. The van der Waals surface area contributed by atoms with Crippen molar-refractivity contribution in [2.24, 2.45) is 0 Å². The van der Waals surface area contributed by atoms with E-state index >= 15 is 0 Å². The summed E-state index contributed by atoms with van der Waals surface area (Å²) in [5.41, 5.74) is 0. The van der Waals surface area contributed by atoms with Crippen molar-refractivity contribution in [1.29, 1.82) is 0 Å². The smallest absolute Gasteiger partial charge is 0.225 e. The summed E-state index contributed by atoms with van der Waals surface area (Å²) in [5, 5.41) is 0. The highest BCUT2D eigenvalue weighted by Crippen LogP contribution is 2.14. The van der Waals surface area contributed by atoms with Crippen molar-refractivity contribution < 1.29 is 4.39 Å². The van der Waals surface area contributed by atoms with Crippen LogP contribution < -0.4 is 4.90 Å². The van der Waals surface area contributed by atoms with Gasteiger partial charge in [0.05, 0.1) is 12.4 Å². The van der Waals surface area contributed by atoms with E-state index in [2.05, 4.69) is 25.4 Å². The number of halogens is 1. The summed E-state index contributed by atoms with van der Waals surface area (Å²) in [6.07, 6.45) is 4.50. The number of hydrogen-bond acceptors (Lipinski definition) is 5. The molecule has 6 heteroatoms. The molecule has 0 spiro atoms. The standard InChI is InChI=1S/C9H13FN4S/c1-15-14-4-2-13(3-5-14)9-11-6-8(10)7-12-9/h6-7H,2-5H2,1H3. The molecule has 0 aromatic carbocycles. The fourth-order valence-electron chi connectivity index (χ4n) is 1.54. The van der Waals surface area contributed by atoms with E-state index in [4.69, 9.17) is 0 Å². The Hall–Kier alpha value is -0.880. The molecule has 1 fully saturated rings. The molecule has 1 aromatic heterocycles. The van der Waals surface area contributed by atoms with Crippen LogP contribution in [0.2, 0.25) is 0 Å². The zero-order valence-electron chi connectivity index (χ0n) is 8.56. The van der Waals surface area contributed by atoms with E-state index < -0.39 is 0 Å². The van der Waals surface area contributed by atoms with Gasteiger partial charge in [0.15, 0.2) is 5.82 Å². The molecule has 2 heterocycles. The molecule has 82 valence electrons. The third-order valence-electron chi connectivity index (χ3n) is 2.39. The second-order valence-corrected chi connectivity index (χ2v) is 4.18. The first-order valence-corrected chi connectivity index (χ1v) is 5.99. The van der Waals surface area contributed by atoms with Gasteiger partial charge in [0.25, 0.3) is 0 Å². The molecule has 0 unspecified atom stereocenters. The van der Waals surface area contributed by atoms with Crippen LogP contribution in [-0.2, 0) is 0 Å². The van der Waals surface area contributed by atoms with Crippen LogP contribution in [-0.4, -0.2) is 46.7 Å². The molecule has 0 aliphatic carbocycles. The summed E-state index contributed by atoms with van der Waals surface area (Å²) in [6, 6.07) is 0. The third-order valence-corrected chi connectivity index (χ3v) is 3.27. The molecular weight excluding hydrogens is 215 g/mol. The fraction of sp³-hybridized carbons (Fsp3) is 0.556. The Morgan fingerprint density at radius 1 is 1.20 bits per heavy atom. The number of rotatable bonds is 2. The molecule has 15 heavy (non-hydrogen) atoms. The van der Waals surface area contributed by atoms with Gasteiger partial charge in [-0.3, -0.25) is 0 Å². The van der Waals surface area contributed by atoms with Gasteiger partial charge >= 0.3 is 0 Å². The molecule has 0 N–H and O–H groups in total. The summed E-state index contributed by atoms with van der Waals surface area (Å²) >= 11 is 1.75. The third kappa shape index (κ3) is 2.57. The quantitative estimate of drug-likeness (QED) is 0.706. The predicted octanol–water partition coefficient (Wildman–Crippen LogP) is 1.02. The van der Waals surface area contributed by atoms with Gasteiger partial charge in [-0.15, -0.1) is 0 Å². The Balaban J connectivity index is 1.98. The number of piperazine rings is 1. The highest BCUT2D eigenvalue weighted by molar-refractivity contribution is 7.96. The summed E-state index contributed by atoms with van der Waals surface area (Å²) in [6.45, 7) is 3.77. The number of nitrogens with zero attached hydrogens (tertiary/aromatic N) is 4. The predicted molar refractivity (Wildman–Crippen MR) is 59.3 cm³/mol. The van der Waals surface area contributed by atoms with Crippen molar-refractivity contribution in [3.8, 4) is 0 Å². The SMILES string of the molecule is CSN1CCN(c2ncc(F)cn2)CC1. The zero-order valence-corrected chi connectivity index (χ0v) is 9.37. The lowest BCUT2D eigenvalue weighted by molar-refractivity contribution is 0.427. The molecule has 1 aliphatic heterocycles. The largest absolute Gasteiger partial charge is 0.338 e. The minimum absolute atomic E-state index is 0.388. The van der Waals surface area contributed by atoms with Crippen LogP contribution >= 0.6 is 11.9 Å². The second-order valence-electron chi connectivity index (χ2n) is 3.30. The molecule has 4 nitrogen and oxygen atoms in total. The minimum atomic E-state index is -0.388. The van der Waals surface area contributed by atoms with Crippen LogP contribution in [0.4, 0.5) is 10.3 Å². The second kappa shape index (κ2) is 4.76. The molecule has 0 atom stereocenters. The summed E-state index contributed by atoms with van der Waals surface area (Å²) in [7, 11) is 0. The van der Waals surface area contributed by atoms with Crippen molar-refractivity contribution in [3.63, 3.8) is 0 Å². The Kier molecular flexibility index (Phi) is 3.37. The van der Waals surface area contributed by atoms with Crippen molar-refractivity contribution in [2.45, 2.75) is 0 Å². The van der Waals surface area contributed by atoms with Gasteiger partial charge in [0.2, 0.25) is 5.95 Å².